The molecule has 0 spiro atoms. The summed E-state index contributed by atoms with van der Waals surface area (Å²) < 4.78 is 0. The second-order valence-corrected chi connectivity index (χ2v) is 8.81. The van der Waals surface area contributed by atoms with Crippen LogP contribution in [0, 0.1) is 11.8 Å². The standard InChI is InChI=1S/C27H30N4O3/c1-31-13-12-24(16-31)28-15-21-6-4-19(5-7-21)2-3-20-8-10-22(11-9-20)23(17-32)14-25-26(33)27(34)30-18-29-25/h4-11,18,23-24,28,32-33H,12-17H2,1H3,(H,29,30,34)/t23?,24-/m1/s1. The van der Waals surface area contributed by atoms with Crippen molar-refractivity contribution in [1.82, 2.24) is 20.2 Å². The number of nitrogens with zero attached hydrogens (tertiary/aromatic N) is 2. The number of nitrogens with one attached hydrogen (secondary N) is 2. The molecule has 1 aliphatic rings. The summed E-state index contributed by atoms with van der Waals surface area (Å²) in [5.74, 6) is 5.69. The summed E-state index contributed by atoms with van der Waals surface area (Å²) in [5.41, 5.74) is 3.64. The van der Waals surface area contributed by atoms with E-state index in [-0.39, 0.29) is 24.6 Å². The van der Waals surface area contributed by atoms with Crippen molar-refractivity contribution in [3.05, 3.63) is 93.2 Å². The average Bonchev–Trinajstić information content (AvgIpc) is 3.28. The molecule has 34 heavy (non-hydrogen) atoms. The zero-order valence-corrected chi connectivity index (χ0v) is 19.3. The molecule has 176 valence electrons. The average molecular weight is 459 g/mol. The molecular formula is C27H30N4O3. The van der Waals surface area contributed by atoms with Gasteiger partial charge in [0.15, 0.2) is 0 Å². The van der Waals surface area contributed by atoms with Crippen LogP contribution in [-0.4, -0.2) is 57.9 Å². The molecule has 0 saturated carbocycles. The van der Waals surface area contributed by atoms with Gasteiger partial charge in [0.2, 0.25) is 5.75 Å². The minimum atomic E-state index is -0.585. The number of rotatable bonds is 7. The van der Waals surface area contributed by atoms with Crippen LogP contribution in [0.1, 0.15) is 40.3 Å². The largest absolute Gasteiger partial charge is 0.502 e. The lowest BCUT2D eigenvalue weighted by Crippen LogP contribution is -2.30. The fraction of sp³-hybridized carbons (Fsp3) is 0.333. The molecule has 1 saturated heterocycles. The fourth-order valence-corrected chi connectivity index (χ4v) is 4.15. The van der Waals surface area contributed by atoms with Crippen molar-refractivity contribution in [1.29, 1.82) is 0 Å². The van der Waals surface area contributed by atoms with Gasteiger partial charge < -0.3 is 25.4 Å². The van der Waals surface area contributed by atoms with Gasteiger partial charge in [-0.2, -0.15) is 0 Å². The first-order valence-electron chi connectivity index (χ1n) is 11.5. The SMILES string of the molecule is CN1CC[C@@H](NCc2ccc(C#Cc3ccc(C(CO)Cc4nc[nH]c(=O)c4O)cc3)cc2)C1. The molecule has 7 heteroatoms. The third-order valence-corrected chi connectivity index (χ3v) is 6.24. The second kappa shape index (κ2) is 11.1. The number of hydrogen-bond donors (Lipinski definition) is 4. The van der Waals surface area contributed by atoms with Gasteiger partial charge in [-0.1, -0.05) is 36.1 Å². The van der Waals surface area contributed by atoms with Crippen LogP contribution in [0.5, 0.6) is 5.75 Å². The first-order valence-corrected chi connectivity index (χ1v) is 11.5. The van der Waals surface area contributed by atoms with Crippen LogP contribution in [0.2, 0.25) is 0 Å². The minimum Gasteiger partial charge on any atom is -0.502 e. The van der Waals surface area contributed by atoms with E-state index < -0.39 is 11.3 Å². The number of aliphatic hydroxyl groups is 1. The van der Waals surface area contributed by atoms with Crippen molar-refractivity contribution in [2.45, 2.75) is 31.3 Å². The van der Waals surface area contributed by atoms with E-state index in [0.717, 1.165) is 36.3 Å². The first-order chi connectivity index (χ1) is 16.5. The van der Waals surface area contributed by atoms with Crippen LogP contribution in [0.4, 0.5) is 0 Å². The van der Waals surface area contributed by atoms with Crippen LogP contribution in [0.15, 0.2) is 59.7 Å². The van der Waals surface area contributed by atoms with Gasteiger partial charge in [0.25, 0.3) is 5.56 Å². The molecule has 7 nitrogen and oxygen atoms in total. The maximum atomic E-state index is 11.6. The maximum Gasteiger partial charge on any atom is 0.293 e. The first kappa shape index (κ1) is 23.7. The summed E-state index contributed by atoms with van der Waals surface area (Å²) in [6.45, 7) is 3.00. The summed E-state index contributed by atoms with van der Waals surface area (Å²) in [7, 11) is 2.16. The quantitative estimate of drug-likeness (QED) is 0.404. The van der Waals surface area contributed by atoms with E-state index in [0.29, 0.717) is 6.04 Å². The van der Waals surface area contributed by atoms with Gasteiger partial charge in [-0.25, -0.2) is 4.98 Å². The lowest BCUT2D eigenvalue weighted by molar-refractivity contribution is 0.263. The minimum absolute atomic E-state index is 0.127. The van der Waals surface area contributed by atoms with Gasteiger partial charge in [0.1, 0.15) is 0 Å². The molecule has 4 rings (SSSR count). The highest BCUT2D eigenvalue weighted by Crippen LogP contribution is 2.22. The molecule has 1 aliphatic heterocycles. The van der Waals surface area contributed by atoms with E-state index in [1.165, 1.54) is 18.3 Å². The Balaban J connectivity index is 1.35. The molecule has 2 heterocycles. The molecule has 0 aliphatic carbocycles. The number of H-pyrrole nitrogens is 1. The van der Waals surface area contributed by atoms with Crippen LogP contribution < -0.4 is 10.9 Å². The number of aromatic nitrogens is 2. The Morgan fingerprint density at radius 1 is 1.15 bits per heavy atom. The highest BCUT2D eigenvalue weighted by molar-refractivity contribution is 5.44. The smallest absolute Gasteiger partial charge is 0.293 e. The molecule has 2 atom stereocenters. The highest BCUT2D eigenvalue weighted by Gasteiger charge is 2.18. The Labute approximate surface area is 199 Å². The third kappa shape index (κ3) is 6.12. The fourth-order valence-electron chi connectivity index (χ4n) is 4.15. The van der Waals surface area contributed by atoms with Crippen LogP contribution in [-0.2, 0) is 13.0 Å². The normalized spacial score (nSPS) is 16.7. The lowest BCUT2D eigenvalue weighted by atomic mass is 9.94. The third-order valence-electron chi connectivity index (χ3n) is 6.24. The van der Waals surface area contributed by atoms with E-state index in [1.807, 2.05) is 36.4 Å². The Hall–Kier alpha value is -3.44. The molecule has 0 bridgehead atoms. The summed E-state index contributed by atoms with van der Waals surface area (Å²) in [6.07, 6.45) is 2.71. The second-order valence-electron chi connectivity index (χ2n) is 8.81. The molecular weight excluding hydrogens is 428 g/mol. The van der Waals surface area contributed by atoms with E-state index in [1.54, 1.807) is 0 Å². The van der Waals surface area contributed by atoms with Crippen molar-refractivity contribution in [3.63, 3.8) is 0 Å². The Morgan fingerprint density at radius 2 is 1.82 bits per heavy atom. The van der Waals surface area contributed by atoms with E-state index in [2.05, 4.69) is 51.2 Å². The maximum absolute atomic E-state index is 11.6. The number of hydrogen-bond acceptors (Lipinski definition) is 6. The molecule has 3 aromatic rings. The van der Waals surface area contributed by atoms with Gasteiger partial charge in [0, 0.05) is 42.6 Å². The van der Waals surface area contributed by atoms with Crippen molar-refractivity contribution in [2.75, 3.05) is 26.7 Å². The summed E-state index contributed by atoms with van der Waals surface area (Å²) in [5, 5.41) is 23.3. The van der Waals surface area contributed by atoms with Gasteiger partial charge in [0.05, 0.1) is 18.6 Å². The highest BCUT2D eigenvalue weighted by atomic mass is 16.3. The Bertz CT molecular complexity index is 1210. The summed E-state index contributed by atoms with van der Waals surface area (Å²) >= 11 is 0. The molecule has 1 unspecified atom stereocenters. The Morgan fingerprint density at radius 3 is 2.44 bits per heavy atom. The molecule has 0 radical (unpaired) electrons. The van der Waals surface area contributed by atoms with Crippen LogP contribution in [0.25, 0.3) is 0 Å². The number of likely N-dealkylation sites (tertiary alicyclic amines) is 1. The van der Waals surface area contributed by atoms with Crippen LogP contribution in [0.3, 0.4) is 0 Å². The molecule has 0 amide bonds. The monoisotopic (exact) mass is 458 g/mol. The number of likely N-dealkylation sites (N-methyl/N-ethyl adjacent to an activating group) is 1. The molecule has 2 aromatic carbocycles. The van der Waals surface area contributed by atoms with Gasteiger partial charge in [-0.3, -0.25) is 4.79 Å². The topological polar surface area (TPSA) is 101 Å². The zero-order valence-electron chi connectivity index (χ0n) is 19.3. The van der Waals surface area contributed by atoms with Crippen molar-refractivity contribution < 1.29 is 10.2 Å². The van der Waals surface area contributed by atoms with Crippen LogP contribution >= 0.6 is 0 Å². The molecule has 1 aromatic heterocycles. The van der Waals surface area contributed by atoms with Gasteiger partial charge in [-0.05, 0) is 55.4 Å². The van der Waals surface area contributed by atoms with E-state index in [9.17, 15) is 15.0 Å². The predicted octanol–water partition coefficient (Wildman–Crippen LogP) is 1.99. The molecule has 1 fully saturated rings. The summed E-state index contributed by atoms with van der Waals surface area (Å²) in [4.78, 5) is 20.3. The van der Waals surface area contributed by atoms with Gasteiger partial charge >= 0.3 is 0 Å². The molecule has 4 N–H and O–H groups in total. The van der Waals surface area contributed by atoms with E-state index in [4.69, 9.17) is 0 Å². The number of benzene rings is 2. The van der Waals surface area contributed by atoms with Gasteiger partial charge in [-0.15, -0.1) is 0 Å². The predicted molar refractivity (Wildman–Crippen MR) is 132 cm³/mol. The number of aliphatic hydroxyl groups excluding tert-OH is 1. The Kier molecular flexibility index (Phi) is 7.76. The lowest BCUT2D eigenvalue weighted by Gasteiger charge is -2.14. The zero-order chi connectivity index (χ0) is 23.9. The summed E-state index contributed by atoms with van der Waals surface area (Å²) in [6, 6.07) is 16.5. The van der Waals surface area contributed by atoms with E-state index >= 15 is 0 Å². The van der Waals surface area contributed by atoms with Crippen molar-refractivity contribution >= 4 is 0 Å². The van der Waals surface area contributed by atoms with Crippen molar-refractivity contribution in [3.8, 4) is 17.6 Å². The number of aromatic hydroxyl groups is 1. The van der Waals surface area contributed by atoms with Crippen molar-refractivity contribution in [2.24, 2.45) is 0 Å². The number of aromatic amines is 1.